The Bertz CT molecular complexity index is 1030. The lowest BCUT2D eigenvalue weighted by molar-refractivity contribution is -0.385. The number of nitro benzene ring substituents is 1. The van der Waals surface area contributed by atoms with Crippen LogP contribution in [0.15, 0.2) is 36.4 Å². The molecule has 27 heavy (non-hydrogen) atoms. The number of aryl methyl sites for hydroxylation is 1. The number of anilines is 2. The third-order valence-corrected chi connectivity index (χ3v) is 5.75. The molecule has 2 aromatic carbocycles. The van der Waals surface area contributed by atoms with Gasteiger partial charge in [0.15, 0.2) is 0 Å². The van der Waals surface area contributed by atoms with Crippen molar-refractivity contribution in [2.24, 2.45) is 0 Å². The maximum absolute atomic E-state index is 12.6. The summed E-state index contributed by atoms with van der Waals surface area (Å²) in [6.45, 7) is 1.92. The Kier molecular flexibility index (Phi) is 4.88. The molecular formula is C18H19N3O5S. The fraction of sp³-hybridized carbons (Fsp3) is 0.278. The molecule has 2 aromatic rings. The first-order chi connectivity index (χ1) is 12.7. The SMILES string of the molecule is Cc1c(C(=O)Nc2ccc3c(c2)N(S(C)(=O)=O)CCC3)cccc1[N+](=O)[O-]. The highest BCUT2D eigenvalue weighted by molar-refractivity contribution is 7.92. The highest BCUT2D eigenvalue weighted by Gasteiger charge is 2.25. The molecule has 142 valence electrons. The van der Waals surface area contributed by atoms with Crippen molar-refractivity contribution in [3.05, 3.63) is 63.2 Å². The van der Waals surface area contributed by atoms with Crippen molar-refractivity contribution in [2.45, 2.75) is 19.8 Å². The van der Waals surface area contributed by atoms with Gasteiger partial charge in [-0.05, 0) is 43.5 Å². The maximum atomic E-state index is 12.6. The number of nitro groups is 1. The van der Waals surface area contributed by atoms with Gasteiger partial charge in [0.2, 0.25) is 10.0 Å². The summed E-state index contributed by atoms with van der Waals surface area (Å²) in [6.07, 6.45) is 2.65. The summed E-state index contributed by atoms with van der Waals surface area (Å²) < 4.78 is 25.4. The average Bonchev–Trinajstić information content (AvgIpc) is 2.60. The number of hydrogen-bond donors (Lipinski definition) is 1. The largest absolute Gasteiger partial charge is 0.322 e. The summed E-state index contributed by atoms with van der Waals surface area (Å²) >= 11 is 0. The van der Waals surface area contributed by atoms with E-state index in [1.54, 1.807) is 18.2 Å². The van der Waals surface area contributed by atoms with Gasteiger partial charge < -0.3 is 5.32 Å². The summed E-state index contributed by atoms with van der Waals surface area (Å²) in [5.41, 5.74) is 2.22. The maximum Gasteiger partial charge on any atom is 0.273 e. The Morgan fingerprint density at radius 2 is 2.00 bits per heavy atom. The van der Waals surface area contributed by atoms with Crippen LogP contribution in [0.2, 0.25) is 0 Å². The predicted molar refractivity (Wildman–Crippen MR) is 103 cm³/mol. The number of fused-ring (bicyclic) bond motifs is 1. The number of amides is 1. The standard InChI is InChI=1S/C18H19N3O5S/c1-12-15(6-3-7-16(12)21(23)24)18(22)19-14-9-8-13-5-4-10-20(17(13)11-14)27(2,25)26/h3,6-9,11H,4-5,10H2,1-2H3,(H,19,22). The van der Waals surface area contributed by atoms with Gasteiger partial charge in [0.25, 0.3) is 11.6 Å². The van der Waals surface area contributed by atoms with Gasteiger partial charge in [-0.2, -0.15) is 0 Å². The van der Waals surface area contributed by atoms with Gasteiger partial charge in [-0.1, -0.05) is 12.1 Å². The molecule has 0 saturated carbocycles. The molecule has 3 rings (SSSR count). The highest BCUT2D eigenvalue weighted by Crippen LogP contribution is 2.32. The number of hydrogen-bond acceptors (Lipinski definition) is 5. The Morgan fingerprint density at radius 3 is 2.67 bits per heavy atom. The van der Waals surface area contributed by atoms with E-state index in [9.17, 15) is 23.3 Å². The van der Waals surface area contributed by atoms with E-state index in [-0.39, 0.29) is 16.8 Å². The Hall–Kier alpha value is -2.94. The minimum atomic E-state index is -3.41. The predicted octanol–water partition coefficient (Wildman–Crippen LogP) is 2.87. The minimum absolute atomic E-state index is 0.128. The quantitative estimate of drug-likeness (QED) is 0.639. The molecule has 0 saturated heterocycles. The number of carbonyl (C=O) groups excluding carboxylic acids is 1. The second-order valence-electron chi connectivity index (χ2n) is 6.44. The van der Waals surface area contributed by atoms with Gasteiger partial charge in [-0.3, -0.25) is 19.2 Å². The van der Waals surface area contributed by atoms with E-state index >= 15 is 0 Å². The van der Waals surface area contributed by atoms with Crippen molar-refractivity contribution in [1.29, 1.82) is 0 Å². The van der Waals surface area contributed by atoms with E-state index in [0.717, 1.165) is 24.7 Å². The lowest BCUT2D eigenvalue weighted by Crippen LogP contribution is -2.34. The normalized spacial score (nSPS) is 13.8. The molecule has 1 aliphatic heterocycles. The smallest absolute Gasteiger partial charge is 0.273 e. The summed E-state index contributed by atoms with van der Waals surface area (Å²) in [7, 11) is -3.41. The molecule has 0 bridgehead atoms. The number of nitrogens with one attached hydrogen (secondary N) is 1. The molecule has 1 amide bonds. The molecule has 1 N–H and O–H groups in total. The molecule has 0 spiro atoms. The molecule has 1 aliphatic rings. The molecule has 0 atom stereocenters. The molecule has 0 aliphatic carbocycles. The fourth-order valence-electron chi connectivity index (χ4n) is 3.23. The average molecular weight is 389 g/mol. The van der Waals surface area contributed by atoms with Crippen LogP contribution in [-0.2, 0) is 16.4 Å². The van der Waals surface area contributed by atoms with Crippen LogP contribution in [0.1, 0.15) is 27.9 Å². The molecule has 1 heterocycles. The van der Waals surface area contributed by atoms with E-state index in [1.807, 2.05) is 0 Å². The topological polar surface area (TPSA) is 110 Å². The van der Waals surface area contributed by atoms with Crippen molar-refractivity contribution in [3.63, 3.8) is 0 Å². The van der Waals surface area contributed by atoms with E-state index in [4.69, 9.17) is 0 Å². The fourth-order valence-corrected chi connectivity index (χ4v) is 4.22. The van der Waals surface area contributed by atoms with Crippen LogP contribution < -0.4 is 9.62 Å². The number of carbonyl (C=O) groups is 1. The van der Waals surface area contributed by atoms with Crippen molar-refractivity contribution in [1.82, 2.24) is 0 Å². The van der Waals surface area contributed by atoms with Gasteiger partial charge in [0.1, 0.15) is 0 Å². The van der Waals surface area contributed by atoms with Crippen LogP contribution in [0.4, 0.5) is 17.1 Å². The third-order valence-electron chi connectivity index (χ3n) is 4.57. The molecule has 9 heteroatoms. The first kappa shape index (κ1) is 18.8. The van der Waals surface area contributed by atoms with Crippen LogP contribution in [0.3, 0.4) is 0 Å². The zero-order valence-corrected chi connectivity index (χ0v) is 15.7. The van der Waals surface area contributed by atoms with Crippen LogP contribution in [-0.4, -0.2) is 32.0 Å². The van der Waals surface area contributed by atoms with Crippen molar-refractivity contribution >= 4 is 33.0 Å². The number of benzene rings is 2. The number of rotatable bonds is 4. The molecule has 0 radical (unpaired) electrons. The van der Waals surface area contributed by atoms with Gasteiger partial charge in [-0.25, -0.2) is 8.42 Å². The molecule has 0 fully saturated rings. The summed E-state index contributed by atoms with van der Waals surface area (Å²) in [4.78, 5) is 23.1. The minimum Gasteiger partial charge on any atom is -0.322 e. The molecule has 8 nitrogen and oxygen atoms in total. The van der Waals surface area contributed by atoms with Gasteiger partial charge >= 0.3 is 0 Å². The van der Waals surface area contributed by atoms with E-state index < -0.39 is 20.9 Å². The third kappa shape index (κ3) is 3.77. The van der Waals surface area contributed by atoms with Crippen molar-refractivity contribution < 1.29 is 18.1 Å². The molecular weight excluding hydrogens is 370 g/mol. The van der Waals surface area contributed by atoms with Gasteiger partial charge in [0, 0.05) is 29.4 Å². The Morgan fingerprint density at radius 1 is 1.26 bits per heavy atom. The van der Waals surface area contributed by atoms with Gasteiger partial charge in [-0.15, -0.1) is 0 Å². The Balaban J connectivity index is 1.92. The second kappa shape index (κ2) is 6.99. The van der Waals surface area contributed by atoms with Gasteiger partial charge in [0.05, 0.1) is 16.9 Å². The van der Waals surface area contributed by atoms with E-state index in [1.165, 1.54) is 29.4 Å². The van der Waals surface area contributed by atoms with E-state index in [0.29, 0.717) is 17.9 Å². The number of sulfonamides is 1. The van der Waals surface area contributed by atoms with Crippen LogP contribution >= 0.6 is 0 Å². The van der Waals surface area contributed by atoms with Crippen molar-refractivity contribution in [3.8, 4) is 0 Å². The van der Waals surface area contributed by atoms with Crippen LogP contribution in [0.5, 0.6) is 0 Å². The molecule has 0 aromatic heterocycles. The highest BCUT2D eigenvalue weighted by atomic mass is 32.2. The lowest BCUT2D eigenvalue weighted by atomic mass is 10.0. The first-order valence-electron chi connectivity index (χ1n) is 8.34. The Labute approximate surface area is 157 Å². The summed E-state index contributed by atoms with van der Waals surface area (Å²) in [5.74, 6) is -0.488. The molecule has 0 unspecified atom stereocenters. The van der Waals surface area contributed by atoms with Crippen LogP contribution in [0.25, 0.3) is 0 Å². The van der Waals surface area contributed by atoms with E-state index in [2.05, 4.69) is 5.32 Å². The zero-order valence-electron chi connectivity index (χ0n) is 14.9. The summed E-state index contributed by atoms with van der Waals surface area (Å²) in [5, 5.41) is 13.8. The zero-order chi connectivity index (χ0) is 19.8. The first-order valence-corrected chi connectivity index (χ1v) is 10.2. The monoisotopic (exact) mass is 389 g/mol. The second-order valence-corrected chi connectivity index (χ2v) is 8.35. The number of nitrogens with zero attached hydrogens (tertiary/aromatic N) is 2. The summed E-state index contributed by atoms with van der Waals surface area (Å²) in [6, 6.07) is 9.43. The lowest BCUT2D eigenvalue weighted by Gasteiger charge is -2.29. The van der Waals surface area contributed by atoms with Crippen LogP contribution in [0, 0.1) is 17.0 Å². The van der Waals surface area contributed by atoms with Crippen molar-refractivity contribution in [2.75, 3.05) is 22.4 Å².